The number of hydrogen-bond donors (Lipinski definition) is 1. The van der Waals surface area contributed by atoms with Gasteiger partial charge < -0.3 is 19.4 Å². The number of carbonyl (C=O) groups is 2. The van der Waals surface area contributed by atoms with Crippen molar-refractivity contribution in [2.75, 3.05) is 19.6 Å². The van der Waals surface area contributed by atoms with Crippen LogP contribution >= 0.6 is 0 Å². The maximum Gasteiger partial charge on any atom is 0.287 e. The number of carbonyl (C=O) groups excluding carboxylic acids is 2. The fourth-order valence-electron chi connectivity index (χ4n) is 5.61. The largest absolute Gasteiger partial charge is 0.451 e. The number of furan rings is 1. The lowest BCUT2D eigenvalue weighted by molar-refractivity contribution is -0.133. The van der Waals surface area contributed by atoms with Crippen molar-refractivity contribution in [3.8, 4) is 0 Å². The number of para-hydroxylation sites is 1. The van der Waals surface area contributed by atoms with Gasteiger partial charge in [-0.05, 0) is 37.8 Å². The van der Waals surface area contributed by atoms with Gasteiger partial charge in [0.1, 0.15) is 5.58 Å². The van der Waals surface area contributed by atoms with Crippen LogP contribution in [0.4, 0.5) is 0 Å². The molecular formula is C22H24N2O4. The standard InChI is InChI=1S/C22H24N2O4/c25-20(19-9-14-3-1-2-4-17(14)27-19)23-10-15-16-11-24(21(26)13-5-6-13)12-22(16)8-7-18(15)28-22/h1-4,9,13,15-16,18H,5-8,10-12H2,(H,23,25)/t15-,16+,18+,22+/m0/s1. The fraction of sp³-hybridized carbons (Fsp3) is 0.545. The molecular weight excluding hydrogens is 356 g/mol. The van der Waals surface area contributed by atoms with Gasteiger partial charge in [-0.1, -0.05) is 18.2 Å². The van der Waals surface area contributed by atoms with E-state index in [1.807, 2.05) is 29.2 Å². The van der Waals surface area contributed by atoms with Crippen molar-refractivity contribution < 1.29 is 18.7 Å². The first-order chi connectivity index (χ1) is 13.6. The second-order valence-electron chi connectivity index (χ2n) is 8.88. The molecule has 0 unspecified atom stereocenters. The van der Waals surface area contributed by atoms with E-state index in [1.54, 1.807) is 6.07 Å². The zero-order valence-electron chi connectivity index (χ0n) is 15.7. The maximum absolute atomic E-state index is 12.6. The van der Waals surface area contributed by atoms with E-state index in [0.29, 0.717) is 24.1 Å². The molecule has 6 nitrogen and oxygen atoms in total. The van der Waals surface area contributed by atoms with E-state index in [9.17, 15) is 9.59 Å². The number of likely N-dealkylation sites (tertiary alicyclic amines) is 1. The molecule has 28 heavy (non-hydrogen) atoms. The summed E-state index contributed by atoms with van der Waals surface area (Å²) < 4.78 is 12.1. The molecule has 6 heteroatoms. The molecule has 4 fully saturated rings. The first-order valence-corrected chi connectivity index (χ1v) is 10.4. The van der Waals surface area contributed by atoms with Crippen LogP contribution in [0.15, 0.2) is 34.7 Å². The Bertz CT molecular complexity index is 931. The molecule has 4 aliphatic rings. The molecule has 2 bridgehead atoms. The average Bonchev–Trinajstić information content (AvgIpc) is 3.07. The number of amides is 2. The smallest absolute Gasteiger partial charge is 0.287 e. The molecule has 1 aliphatic carbocycles. The summed E-state index contributed by atoms with van der Waals surface area (Å²) in [6, 6.07) is 9.42. The lowest BCUT2D eigenvalue weighted by Crippen LogP contribution is -2.41. The molecule has 2 aromatic rings. The molecule has 1 N–H and O–H groups in total. The van der Waals surface area contributed by atoms with E-state index in [4.69, 9.17) is 9.15 Å². The predicted octanol–water partition coefficient (Wildman–Crippen LogP) is 2.58. The summed E-state index contributed by atoms with van der Waals surface area (Å²) in [7, 11) is 0. The van der Waals surface area contributed by atoms with E-state index in [1.165, 1.54) is 0 Å². The van der Waals surface area contributed by atoms with Crippen LogP contribution in [0.1, 0.15) is 36.2 Å². The van der Waals surface area contributed by atoms with E-state index in [0.717, 1.165) is 49.7 Å². The van der Waals surface area contributed by atoms with Crippen molar-refractivity contribution in [3.05, 3.63) is 36.1 Å². The Labute approximate surface area is 163 Å². The van der Waals surface area contributed by atoms with Crippen LogP contribution in [-0.4, -0.2) is 48.1 Å². The molecule has 1 aromatic carbocycles. The Kier molecular flexibility index (Phi) is 3.46. The number of hydrogen-bond acceptors (Lipinski definition) is 4. The first-order valence-electron chi connectivity index (χ1n) is 10.4. The van der Waals surface area contributed by atoms with Crippen LogP contribution in [0, 0.1) is 17.8 Å². The summed E-state index contributed by atoms with van der Waals surface area (Å²) in [6.07, 6.45) is 4.32. The first kappa shape index (κ1) is 16.6. The predicted molar refractivity (Wildman–Crippen MR) is 102 cm³/mol. The number of benzene rings is 1. The number of ether oxygens (including phenoxy) is 1. The van der Waals surface area contributed by atoms with Crippen molar-refractivity contribution in [3.63, 3.8) is 0 Å². The van der Waals surface area contributed by atoms with Gasteiger partial charge in [0.05, 0.1) is 18.2 Å². The van der Waals surface area contributed by atoms with Crippen molar-refractivity contribution >= 4 is 22.8 Å². The van der Waals surface area contributed by atoms with Crippen LogP contribution in [0.25, 0.3) is 11.0 Å². The Morgan fingerprint density at radius 1 is 1.21 bits per heavy atom. The Morgan fingerprint density at radius 2 is 2.07 bits per heavy atom. The van der Waals surface area contributed by atoms with Gasteiger partial charge in [-0.3, -0.25) is 9.59 Å². The summed E-state index contributed by atoms with van der Waals surface area (Å²) in [4.78, 5) is 27.2. The van der Waals surface area contributed by atoms with E-state index in [2.05, 4.69) is 5.32 Å². The third-order valence-electron chi connectivity index (χ3n) is 7.17. The third-order valence-corrected chi connectivity index (χ3v) is 7.17. The molecule has 3 aliphatic heterocycles. The minimum absolute atomic E-state index is 0.177. The van der Waals surface area contributed by atoms with E-state index < -0.39 is 0 Å². The van der Waals surface area contributed by atoms with Gasteiger partial charge in [0, 0.05) is 36.2 Å². The average molecular weight is 380 g/mol. The number of fused-ring (bicyclic) bond motifs is 2. The molecule has 146 valence electrons. The number of rotatable bonds is 4. The van der Waals surface area contributed by atoms with Crippen LogP contribution in [0.3, 0.4) is 0 Å². The molecule has 4 heterocycles. The van der Waals surface area contributed by atoms with E-state index in [-0.39, 0.29) is 29.4 Å². The second-order valence-corrected chi connectivity index (χ2v) is 8.88. The topological polar surface area (TPSA) is 71.8 Å². The molecule has 1 spiro atoms. The summed E-state index contributed by atoms with van der Waals surface area (Å²) in [6.45, 7) is 2.08. The normalized spacial score (nSPS) is 33.4. The number of nitrogens with zero attached hydrogens (tertiary/aromatic N) is 1. The fourth-order valence-corrected chi connectivity index (χ4v) is 5.61. The second kappa shape index (κ2) is 5.83. The molecule has 6 rings (SSSR count). The van der Waals surface area contributed by atoms with Crippen molar-refractivity contribution in [1.29, 1.82) is 0 Å². The zero-order valence-corrected chi connectivity index (χ0v) is 15.7. The molecule has 1 saturated carbocycles. The molecule has 4 atom stereocenters. The van der Waals surface area contributed by atoms with Gasteiger partial charge >= 0.3 is 0 Å². The maximum atomic E-state index is 12.6. The Balaban J connectivity index is 1.15. The monoisotopic (exact) mass is 380 g/mol. The molecule has 1 aromatic heterocycles. The molecule has 0 radical (unpaired) electrons. The van der Waals surface area contributed by atoms with Crippen LogP contribution in [0.5, 0.6) is 0 Å². The van der Waals surface area contributed by atoms with Gasteiger partial charge in [-0.15, -0.1) is 0 Å². The van der Waals surface area contributed by atoms with Gasteiger partial charge in [0.15, 0.2) is 5.76 Å². The third kappa shape index (κ3) is 2.43. The minimum atomic E-state index is -0.183. The summed E-state index contributed by atoms with van der Waals surface area (Å²) in [5.41, 5.74) is 0.545. The highest BCUT2D eigenvalue weighted by Crippen LogP contribution is 2.55. The lowest BCUT2D eigenvalue weighted by Gasteiger charge is -2.29. The van der Waals surface area contributed by atoms with E-state index >= 15 is 0 Å². The lowest BCUT2D eigenvalue weighted by atomic mass is 9.73. The van der Waals surface area contributed by atoms with Crippen LogP contribution < -0.4 is 5.32 Å². The minimum Gasteiger partial charge on any atom is -0.451 e. The summed E-state index contributed by atoms with van der Waals surface area (Å²) in [5, 5.41) is 3.99. The van der Waals surface area contributed by atoms with Crippen LogP contribution in [-0.2, 0) is 9.53 Å². The van der Waals surface area contributed by atoms with Crippen molar-refractivity contribution in [2.45, 2.75) is 37.4 Å². The van der Waals surface area contributed by atoms with Gasteiger partial charge in [-0.2, -0.15) is 0 Å². The SMILES string of the molecule is O=C(NC[C@H]1[C@H]2CN(C(=O)C3CC3)C[C@]23CC[C@H]1O3)c1cc2ccccc2o1. The summed E-state index contributed by atoms with van der Waals surface area (Å²) >= 11 is 0. The molecule has 3 saturated heterocycles. The number of nitrogens with one attached hydrogen (secondary N) is 1. The highest BCUT2D eigenvalue weighted by atomic mass is 16.5. The van der Waals surface area contributed by atoms with Crippen molar-refractivity contribution in [2.24, 2.45) is 17.8 Å². The van der Waals surface area contributed by atoms with Crippen molar-refractivity contribution in [1.82, 2.24) is 10.2 Å². The van der Waals surface area contributed by atoms with Gasteiger partial charge in [0.25, 0.3) is 5.91 Å². The zero-order chi connectivity index (χ0) is 18.9. The van der Waals surface area contributed by atoms with Crippen LogP contribution in [0.2, 0.25) is 0 Å². The van der Waals surface area contributed by atoms with Gasteiger partial charge in [-0.25, -0.2) is 0 Å². The Hall–Kier alpha value is -2.34. The summed E-state index contributed by atoms with van der Waals surface area (Å²) in [5.74, 6) is 1.30. The Morgan fingerprint density at radius 3 is 2.89 bits per heavy atom. The highest BCUT2D eigenvalue weighted by molar-refractivity contribution is 5.96. The molecule has 2 amide bonds. The van der Waals surface area contributed by atoms with Gasteiger partial charge in [0.2, 0.25) is 5.91 Å². The quantitative estimate of drug-likeness (QED) is 0.885. The highest BCUT2D eigenvalue weighted by Gasteiger charge is 2.63.